The van der Waals surface area contributed by atoms with Crippen molar-refractivity contribution in [2.24, 2.45) is 0 Å². The number of rotatable bonds is 11. The first-order valence-electron chi connectivity index (χ1n) is 14.8. The topological polar surface area (TPSA) is 125 Å². The van der Waals surface area contributed by atoms with Gasteiger partial charge in [-0.1, -0.05) is 73.2 Å². The summed E-state index contributed by atoms with van der Waals surface area (Å²) in [5.41, 5.74) is 4.73. The molecular weight excluding hydrogens is 632 g/mol. The van der Waals surface area contributed by atoms with Crippen LogP contribution in [-0.2, 0) is 16.6 Å². The van der Waals surface area contributed by atoms with Gasteiger partial charge in [-0.05, 0) is 65.9 Å². The van der Waals surface area contributed by atoms with Crippen LogP contribution in [0, 0.1) is 0 Å². The third-order valence-corrected chi connectivity index (χ3v) is 10.7. The molecule has 5 rings (SSSR count). The number of sulfonamides is 1. The Kier molecular flexibility index (Phi) is 10.5. The molecule has 236 valence electrons. The first kappa shape index (κ1) is 32.6. The predicted molar refractivity (Wildman–Crippen MR) is 177 cm³/mol. The monoisotopic (exact) mass is 666 g/mol. The maximum absolute atomic E-state index is 12.8. The quantitative estimate of drug-likeness (QED) is 0.223. The lowest BCUT2D eigenvalue weighted by Gasteiger charge is -2.36. The van der Waals surface area contributed by atoms with Crippen LogP contribution in [0.4, 0.5) is 5.69 Å². The number of hydrogen-bond acceptors (Lipinski definition) is 9. The minimum absolute atomic E-state index is 0.0451. The SMILES string of the molecule is CCC(CC)NC(=O)c1nnc(S(=O)(=O)NC(=O)c2ccc(N3CCN(Cc4ccccc4-c4ccc(Cl)cc4)CC3)cc2)s1. The molecule has 2 amide bonds. The van der Waals surface area contributed by atoms with Crippen LogP contribution >= 0.6 is 22.9 Å². The average molecular weight is 667 g/mol. The number of carbonyl (C=O) groups excluding carboxylic acids is 2. The Labute approximate surface area is 272 Å². The van der Waals surface area contributed by atoms with E-state index in [4.69, 9.17) is 11.6 Å². The number of carbonyl (C=O) groups is 2. The van der Waals surface area contributed by atoms with Crippen molar-refractivity contribution in [3.05, 3.63) is 94.0 Å². The minimum atomic E-state index is -4.30. The summed E-state index contributed by atoms with van der Waals surface area (Å²) in [5, 5.41) is 10.8. The molecule has 0 aliphatic carbocycles. The van der Waals surface area contributed by atoms with Gasteiger partial charge in [-0.15, -0.1) is 10.2 Å². The molecule has 1 aromatic heterocycles. The number of hydrogen-bond donors (Lipinski definition) is 2. The third-order valence-electron chi connectivity index (χ3n) is 7.81. The standard InChI is InChI=1S/C32H35ClN6O4S2/c1-3-26(4-2)34-30(41)31-35-36-32(44-31)45(42,43)37-29(40)23-11-15-27(16-12-23)39-19-17-38(18-20-39)21-24-7-5-6-8-28(24)22-9-13-25(33)14-10-22/h5-16,26H,3-4,17-21H2,1-2H3,(H,34,41)(H,37,40). The van der Waals surface area contributed by atoms with Gasteiger partial charge in [0, 0.05) is 55.0 Å². The van der Waals surface area contributed by atoms with Crippen molar-refractivity contribution in [3.63, 3.8) is 0 Å². The smallest absolute Gasteiger partial charge is 0.293 e. The fourth-order valence-corrected chi connectivity index (χ4v) is 7.18. The number of halogens is 1. The molecule has 0 bridgehead atoms. The second-order valence-electron chi connectivity index (χ2n) is 10.8. The molecule has 0 spiro atoms. The lowest BCUT2D eigenvalue weighted by atomic mass is 9.99. The maximum atomic E-state index is 12.8. The van der Waals surface area contributed by atoms with E-state index in [0.29, 0.717) is 16.4 Å². The van der Waals surface area contributed by atoms with Crippen LogP contribution in [0.15, 0.2) is 77.1 Å². The maximum Gasteiger partial charge on any atom is 0.293 e. The van der Waals surface area contributed by atoms with Crippen molar-refractivity contribution in [3.8, 4) is 11.1 Å². The van der Waals surface area contributed by atoms with E-state index >= 15 is 0 Å². The number of benzene rings is 3. The number of anilines is 1. The summed E-state index contributed by atoms with van der Waals surface area (Å²) < 4.78 is 27.2. The summed E-state index contributed by atoms with van der Waals surface area (Å²) in [4.78, 5) is 29.9. The molecule has 45 heavy (non-hydrogen) atoms. The average Bonchev–Trinajstić information content (AvgIpc) is 3.57. The van der Waals surface area contributed by atoms with Crippen LogP contribution < -0.4 is 14.9 Å². The van der Waals surface area contributed by atoms with E-state index in [-0.39, 0.29) is 16.6 Å². The first-order chi connectivity index (χ1) is 21.7. The predicted octanol–water partition coefficient (Wildman–Crippen LogP) is 5.22. The van der Waals surface area contributed by atoms with Gasteiger partial charge in [-0.3, -0.25) is 14.5 Å². The zero-order valence-electron chi connectivity index (χ0n) is 25.1. The summed E-state index contributed by atoms with van der Waals surface area (Å²) in [7, 11) is -4.30. The Balaban J connectivity index is 1.15. The Bertz CT molecular complexity index is 1730. The molecule has 1 fully saturated rings. The Morgan fingerprint density at radius 3 is 2.22 bits per heavy atom. The first-order valence-corrected chi connectivity index (χ1v) is 17.5. The summed E-state index contributed by atoms with van der Waals surface area (Å²) in [6.45, 7) is 8.08. The Morgan fingerprint density at radius 2 is 1.56 bits per heavy atom. The van der Waals surface area contributed by atoms with Crippen molar-refractivity contribution in [1.82, 2.24) is 25.1 Å². The Morgan fingerprint density at radius 1 is 0.889 bits per heavy atom. The largest absolute Gasteiger partial charge is 0.369 e. The van der Waals surface area contributed by atoms with E-state index in [1.165, 1.54) is 11.1 Å². The molecule has 0 unspecified atom stereocenters. The van der Waals surface area contributed by atoms with Crippen LogP contribution in [-0.4, -0.2) is 67.6 Å². The minimum Gasteiger partial charge on any atom is -0.369 e. The van der Waals surface area contributed by atoms with Gasteiger partial charge < -0.3 is 10.2 Å². The fourth-order valence-electron chi connectivity index (χ4n) is 5.17. The number of nitrogens with zero attached hydrogens (tertiary/aromatic N) is 4. The normalized spacial score (nSPS) is 14.0. The second-order valence-corrected chi connectivity index (χ2v) is 14.0. The van der Waals surface area contributed by atoms with E-state index < -0.39 is 26.2 Å². The molecule has 0 radical (unpaired) electrons. The van der Waals surface area contributed by atoms with Crippen LogP contribution in [0.3, 0.4) is 0 Å². The molecular formula is C32H35ClN6O4S2. The van der Waals surface area contributed by atoms with Crippen LogP contribution in [0.5, 0.6) is 0 Å². The van der Waals surface area contributed by atoms with Crippen molar-refractivity contribution >= 4 is 50.5 Å². The van der Waals surface area contributed by atoms with Crippen molar-refractivity contribution < 1.29 is 18.0 Å². The zero-order chi connectivity index (χ0) is 32.0. The van der Waals surface area contributed by atoms with Crippen molar-refractivity contribution in [2.75, 3.05) is 31.1 Å². The molecule has 1 aliphatic heterocycles. The molecule has 2 N–H and O–H groups in total. The molecule has 3 aromatic carbocycles. The summed E-state index contributed by atoms with van der Waals surface area (Å²) >= 11 is 6.70. The van der Waals surface area contributed by atoms with E-state index in [1.54, 1.807) is 12.1 Å². The summed E-state index contributed by atoms with van der Waals surface area (Å²) in [6, 6.07) is 23.1. The van der Waals surface area contributed by atoms with Gasteiger partial charge in [0.25, 0.3) is 26.2 Å². The van der Waals surface area contributed by atoms with Crippen molar-refractivity contribution in [1.29, 1.82) is 0 Å². The van der Waals surface area contributed by atoms with Gasteiger partial charge in [0.15, 0.2) is 0 Å². The molecule has 10 nitrogen and oxygen atoms in total. The van der Waals surface area contributed by atoms with E-state index in [0.717, 1.165) is 56.8 Å². The highest BCUT2D eigenvalue weighted by molar-refractivity contribution is 7.92. The van der Waals surface area contributed by atoms with Gasteiger partial charge in [-0.25, -0.2) is 4.72 Å². The highest BCUT2D eigenvalue weighted by Crippen LogP contribution is 2.27. The highest BCUT2D eigenvalue weighted by atomic mass is 35.5. The van der Waals surface area contributed by atoms with E-state index in [9.17, 15) is 18.0 Å². The Hall–Kier alpha value is -3.84. The number of aromatic nitrogens is 2. The lowest BCUT2D eigenvalue weighted by Crippen LogP contribution is -2.46. The number of nitrogens with one attached hydrogen (secondary N) is 2. The fraction of sp³-hybridized carbons (Fsp3) is 0.312. The van der Waals surface area contributed by atoms with E-state index in [1.807, 2.05) is 61.0 Å². The number of amides is 2. The van der Waals surface area contributed by atoms with Gasteiger partial charge >= 0.3 is 0 Å². The molecule has 13 heteroatoms. The molecule has 1 saturated heterocycles. The molecule has 2 heterocycles. The molecule has 0 atom stereocenters. The van der Waals surface area contributed by atoms with Gasteiger partial charge in [0.2, 0.25) is 5.01 Å². The molecule has 0 saturated carbocycles. The van der Waals surface area contributed by atoms with Crippen LogP contribution in [0.2, 0.25) is 5.02 Å². The third kappa shape index (κ3) is 8.06. The van der Waals surface area contributed by atoms with Gasteiger partial charge in [0.1, 0.15) is 0 Å². The molecule has 4 aromatic rings. The van der Waals surface area contributed by atoms with Crippen LogP contribution in [0.1, 0.15) is 52.4 Å². The van der Waals surface area contributed by atoms with Gasteiger partial charge in [0.05, 0.1) is 0 Å². The van der Waals surface area contributed by atoms with Crippen molar-refractivity contribution in [2.45, 2.75) is 43.6 Å². The molecule has 1 aliphatic rings. The summed E-state index contributed by atoms with van der Waals surface area (Å²) in [6.07, 6.45) is 1.47. The highest BCUT2D eigenvalue weighted by Gasteiger charge is 2.26. The number of piperazine rings is 1. The summed E-state index contributed by atoms with van der Waals surface area (Å²) in [5.74, 6) is -1.28. The van der Waals surface area contributed by atoms with Gasteiger partial charge in [-0.2, -0.15) is 8.42 Å². The lowest BCUT2D eigenvalue weighted by molar-refractivity contribution is 0.0932. The zero-order valence-corrected chi connectivity index (χ0v) is 27.5. The second kappa shape index (κ2) is 14.5. The van der Waals surface area contributed by atoms with Crippen LogP contribution in [0.25, 0.3) is 11.1 Å². The van der Waals surface area contributed by atoms with E-state index in [2.05, 4.69) is 43.5 Å².